The van der Waals surface area contributed by atoms with Gasteiger partial charge in [0.25, 0.3) is 0 Å². The Labute approximate surface area is 213 Å². The first-order valence-corrected chi connectivity index (χ1v) is 12.7. The van der Waals surface area contributed by atoms with E-state index >= 15 is 0 Å². The Kier molecular flexibility index (Phi) is 9.11. The van der Waals surface area contributed by atoms with Crippen molar-refractivity contribution in [2.45, 2.75) is 32.4 Å². The minimum Gasteiger partial charge on any atom is -0.496 e. The molecule has 3 aromatic carbocycles. The zero-order valence-corrected chi connectivity index (χ0v) is 21.0. The van der Waals surface area contributed by atoms with E-state index in [0.29, 0.717) is 25.8 Å². The minimum absolute atomic E-state index is 0.0451. The van der Waals surface area contributed by atoms with Crippen molar-refractivity contribution in [1.29, 1.82) is 0 Å². The van der Waals surface area contributed by atoms with Gasteiger partial charge in [-0.3, -0.25) is 14.5 Å². The van der Waals surface area contributed by atoms with Crippen molar-refractivity contribution in [2.24, 2.45) is 0 Å². The number of nitrogens with zero attached hydrogens (tertiary/aromatic N) is 2. The highest BCUT2D eigenvalue weighted by Crippen LogP contribution is 2.21. The van der Waals surface area contributed by atoms with E-state index in [1.54, 1.807) is 7.11 Å². The molecule has 4 rings (SSSR count). The molecule has 6 heteroatoms. The molecule has 6 nitrogen and oxygen atoms in total. The SMILES string of the molecule is COc1ccccc1CNC(=O)CCCC(=O)N1CCN(Cc2cccc(-c3ccccc3)c2)CC1. The molecule has 1 saturated heterocycles. The van der Waals surface area contributed by atoms with E-state index < -0.39 is 0 Å². The fourth-order valence-corrected chi connectivity index (χ4v) is 4.58. The zero-order valence-electron chi connectivity index (χ0n) is 21.0. The van der Waals surface area contributed by atoms with Crippen molar-refractivity contribution in [3.8, 4) is 16.9 Å². The van der Waals surface area contributed by atoms with Crippen LogP contribution in [0.25, 0.3) is 11.1 Å². The van der Waals surface area contributed by atoms with Gasteiger partial charge in [0.1, 0.15) is 5.75 Å². The van der Waals surface area contributed by atoms with E-state index in [4.69, 9.17) is 4.74 Å². The van der Waals surface area contributed by atoms with E-state index in [9.17, 15) is 9.59 Å². The van der Waals surface area contributed by atoms with Crippen LogP contribution in [0.5, 0.6) is 5.75 Å². The summed E-state index contributed by atoms with van der Waals surface area (Å²) in [4.78, 5) is 29.2. The van der Waals surface area contributed by atoms with Crippen LogP contribution in [-0.2, 0) is 22.7 Å². The van der Waals surface area contributed by atoms with Gasteiger partial charge in [-0.1, -0.05) is 66.7 Å². The van der Waals surface area contributed by atoms with Gasteiger partial charge >= 0.3 is 0 Å². The van der Waals surface area contributed by atoms with Gasteiger partial charge in [0.2, 0.25) is 11.8 Å². The summed E-state index contributed by atoms with van der Waals surface area (Å²) in [6.07, 6.45) is 1.31. The van der Waals surface area contributed by atoms with E-state index in [-0.39, 0.29) is 11.8 Å². The summed E-state index contributed by atoms with van der Waals surface area (Å²) in [5, 5.41) is 2.92. The highest BCUT2D eigenvalue weighted by molar-refractivity contribution is 5.79. The molecule has 0 saturated carbocycles. The first kappa shape index (κ1) is 25.5. The molecule has 0 bridgehead atoms. The highest BCUT2D eigenvalue weighted by Gasteiger charge is 2.21. The van der Waals surface area contributed by atoms with Gasteiger partial charge in [-0.05, 0) is 35.2 Å². The van der Waals surface area contributed by atoms with Gasteiger partial charge in [0.15, 0.2) is 0 Å². The molecule has 36 heavy (non-hydrogen) atoms. The van der Waals surface area contributed by atoms with E-state index in [0.717, 1.165) is 44.0 Å². The Hall–Kier alpha value is -3.64. The van der Waals surface area contributed by atoms with E-state index in [1.807, 2.05) is 35.2 Å². The van der Waals surface area contributed by atoms with Gasteiger partial charge in [-0.2, -0.15) is 0 Å². The van der Waals surface area contributed by atoms with Crippen molar-refractivity contribution in [1.82, 2.24) is 15.1 Å². The molecular formula is C30H35N3O3. The number of hydrogen-bond acceptors (Lipinski definition) is 4. The lowest BCUT2D eigenvalue weighted by molar-refractivity contribution is -0.133. The smallest absolute Gasteiger partial charge is 0.222 e. The van der Waals surface area contributed by atoms with Gasteiger partial charge in [0, 0.05) is 57.7 Å². The molecule has 1 N–H and O–H groups in total. The first-order chi connectivity index (χ1) is 17.6. The average Bonchev–Trinajstić information content (AvgIpc) is 2.93. The molecule has 1 aliphatic heterocycles. The molecular weight excluding hydrogens is 450 g/mol. The van der Waals surface area contributed by atoms with Gasteiger partial charge < -0.3 is 15.0 Å². The van der Waals surface area contributed by atoms with Gasteiger partial charge in [-0.25, -0.2) is 0 Å². The Bertz CT molecular complexity index is 1140. The fraction of sp³-hybridized carbons (Fsp3) is 0.333. The quantitative estimate of drug-likeness (QED) is 0.460. The molecule has 0 atom stereocenters. The fourth-order valence-electron chi connectivity index (χ4n) is 4.58. The molecule has 2 amide bonds. The Balaban J connectivity index is 1.15. The number of hydrogen-bond donors (Lipinski definition) is 1. The molecule has 0 aliphatic carbocycles. The number of carbonyl (C=O) groups is 2. The standard InChI is InChI=1S/C30H35N3O3/c1-36-28-14-6-5-12-27(28)22-31-29(34)15-8-16-30(35)33-19-17-32(18-20-33)23-24-9-7-13-26(21-24)25-10-3-2-4-11-25/h2-7,9-14,21H,8,15-20,22-23H2,1H3,(H,31,34). The van der Waals surface area contributed by atoms with Crippen LogP contribution in [0.2, 0.25) is 0 Å². The molecule has 0 aromatic heterocycles. The number of rotatable bonds is 10. The summed E-state index contributed by atoms with van der Waals surface area (Å²) >= 11 is 0. The van der Waals surface area contributed by atoms with Crippen LogP contribution in [0.1, 0.15) is 30.4 Å². The number of ether oxygens (including phenoxy) is 1. The second-order valence-corrected chi connectivity index (χ2v) is 9.17. The summed E-state index contributed by atoms with van der Waals surface area (Å²) in [6.45, 7) is 4.50. The maximum atomic E-state index is 12.7. The third kappa shape index (κ3) is 7.18. The van der Waals surface area contributed by atoms with Gasteiger partial charge in [-0.15, -0.1) is 0 Å². The normalized spacial score (nSPS) is 13.9. The Morgan fingerprint density at radius 2 is 1.56 bits per heavy atom. The monoisotopic (exact) mass is 485 g/mol. The molecule has 0 unspecified atom stereocenters. The van der Waals surface area contributed by atoms with E-state index in [2.05, 4.69) is 58.7 Å². The number of benzene rings is 3. The third-order valence-corrected chi connectivity index (χ3v) is 6.63. The van der Waals surface area contributed by atoms with Crippen LogP contribution in [0.3, 0.4) is 0 Å². The third-order valence-electron chi connectivity index (χ3n) is 6.63. The molecule has 1 fully saturated rings. The number of carbonyl (C=O) groups excluding carboxylic acids is 2. The van der Waals surface area contributed by atoms with Crippen molar-refractivity contribution < 1.29 is 14.3 Å². The summed E-state index contributed by atoms with van der Waals surface area (Å²) in [7, 11) is 1.62. The molecule has 0 radical (unpaired) electrons. The maximum absolute atomic E-state index is 12.7. The van der Waals surface area contributed by atoms with Gasteiger partial charge in [0.05, 0.1) is 7.11 Å². The Morgan fingerprint density at radius 3 is 2.33 bits per heavy atom. The second-order valence-electron chi connectivity index (χ2n) is 9.17. The molecule has 3 aromatic rings. The lowest BCUT2D eigenvalue weighted by atomic mass is 10.0. The first-order valence-electron chi connectivity index (χ1n) is 12.7. The highest BCUT2D eigenvalue weighted by atomic mass is 16.5. The summed E-state index contributed by atoms with van der Waals surface area (Å²) in [5.41, 5.74) is 4.68. The van der Waals surface area contributed by atoms with Crippen molar-refractivity contribution in [2.75, 3.05) is 33.3 Å². The number of methoxy groups -OCH3 is 1. The molecule has 188 valence electrons. The topological polar surface area (TPSA) is 61.9 Å². The summed E-state index contributed by atoms with van der Waals surface area (Å²) in [5.74, 6) is 0.852. The van der Waals surface area contributed by atoms with Crippen LogP contribution < -0.4 is 10.1 Å². The van der Waals surface area contributed by atoms with Crippen molar-refractivity contribution in [3.05, 3.63) is 90.0 Å². The lowest BCUT2D eigenvalue weighted by Gasteiger charge is -2.35. The number of piperazine rings is 1. The Morgan fingerprint density at radius 1 is 0.833 bits per heavy atom. The average molecular weight is 486 g/mol. The van der Waals surface area contributed by atoms with E-state index in [1.165, 1.54) is 16.7 Å². The van der Waals surface area contributed by atoms with Crippen molar-refractivity contribution >= 4 is 11.8 Å². The van der Waals surface area contributed by atoms with Crippen LogP contribution in [-0.4, -0.2) is 54.9 Å². The van der Waals surface area contributed by atoms with Crippen LogP contribution >= 0.6 is 0 Å². The predicted octanol–water partition coefficient (Wildman–Crippen LogP) is 4.49. The van der Waals surface area contributed by atoms with Crippen LogP contribution in [0.15, 0.2) is 78.9 Å². The molecule has 0 spiro atoms. The molecule has 1 aliphatic rings. The van der Waals surface area contributed by atoms with Crippen molar-refractivity contribution in [3.63, 3.8) is 0 Å². The number of nitrogens with one attached hydrogen (secondary N) is 1. The largest absolute Gasteiger partial charge is 0.496 e. The lowest BCUT2D eigenvalue weighted by Crippen LogP contribution is -2.48. The maximum Gasteiger partial charge on any atom is 0.222 e. The van der Waals surface area contributed by atoms with Crippen LogP contribution in [0, 0.1) is 0 Å². The number of amides is 2. The zero-order chi connectivity index (χ0) is 25.2. The second kappa shape index (κ2) is 12.9. The predicted molar refractivity (Wildman–Crippen MR) is 142 cm³/mol. The summed E-state index contributed by atoms with van der Waals surface area (Å²) < 4.78 is 5.32. The summed E-state index contributed by atoms with van der Waals surface area (Å²) in [6, 6.07) is 26.7. The number of para-hydroxylation sites is 1. The van der Waals surface area contributed by atoms with Crippen LogP contribution in [0.4, 0.5) is 0 Å². The minimum atomic E-state index is -0.0451. The molecule has 1 heterocycles.